The zero-order valence-electron chi connectivity index (χ0n) is 16.0. The minimum atomic E-state index is -0.0105. The van der Waals surface area contributed by atoms with E-state index in [1.807, 2.05) is 41.3 Å². The van der Waals surface area contributed by atoms with Crippen molar-refractivity contribution in [3.8, 4) is 0 Å². The van der Waals surface area contributed by atoms with E-state index in [9.17, 15) is 4.79 Å². The molecule has 2 aliphatic rings. The third-order valence-electron chi connectivity index (χ3n) is 5.89. The fraction of sp³-hybridized carbons (Fsp3) is 0.455. The number of aromatic nitrogens is 1. The predicted octanol–water partition coefficient (Wildman–Crippen LogP) is 4.04. The molecule has 0 bridgehead atoms. The second-order valence-electron chi connectivity index (χ2n) is 7.84. The second-order valence-corrected chi connectivity index (χ2v) is 7.84. The maximum absolute atomic E-state index is 12.8. The van der Waals surface area contributed by atoms with Crippen LogP contribution in [0.15, 0.2) is 45.2 Å². The second kappa shape index (κ2) is 7.43. The van der Waals surface area contributed by atoms with Gasteiger partial charge in [-0.15, -0.1) is 0 Å². The number of benzene rings is 1. The lowest BCUT2D eigenvalue weighted by Crippen LogP contribution is -2.37. The molecule has 2 aliphatic heterocycles. The smallest absolute Gasteiger partial charge is 0.289 e. The van der Waals surface area contributed by atoms with Gasteiger partial charge in [0.05, 0.1) is 6.54 Å². The molecular formula is C22H25N3O3. The Labute approximate surface area is 164 Å². The van der Waals surface area contributed by atoms with Crippen LogP contribution in [0.3, 0.4) is 0 Å². The molecule has 0 radical (unpaired) electrons. The number of carbonyl (C=O) groups excluding carboxylic acids is 1. The van der Waals surface area contributed by atoms with Crippen LogP contribution in [-0.4, -0.2) is 46.9 Å². The number of likely N-dealkylation sites (tertiary alicyclic amines) is 2. The van der Waals surface area contributed by atoms with E-state index in [0.29, 0.717) is 18.8 Å². The molecule has 0 N–H and O–H groups in total. The van der Waals surface area contributed by atoms with Crippen LogP contribution in [0, 0.1) is 0 Å². The molecule has 3 aromatic rings. The summed E-state index contributed by atoms with van der Waals surface area (Å²) in [5, 5.41) is 0. The molecule has 4 heterocycles. The minimum absolute atomic E-state index is 0.0105. The first-order chi connectivity index (χ1) is 13.8. The number of hydrogen-bond donors (Lipinski definition) is 0. The van der Waals surface area contributed by atoms with Crippen molar-refractivity contribution in [2.75, 3.05) is 26.2 Å². The Morgan fingerprint density at radius 2 is 1.79 bits per heavy atom. The van der Waals surface area contributed by atoms with Crippen molar-refractivity contribution >= 4 is 17.0 Å². The molecule has 146 valence electrons. The normalized spacial score (nSPS) is 18.9. The van der Waals surface area contributed by atoms with Crippen LogP contribution in [0.5, 0.6) is 0 Å². The van der Waals surface area contributed by atoms with Gasteiger partial charge in [0, 0.05) is 19.0 Å². The molecule has 5 rings (SSSR count). The van der Waals surface area contributed by atoms with Crippen LogP contribution in [0.4, 0.5) is 0 Å². The van der Waals surface area contributed by atoms with E-state index in [-0.39, 0.29) is 11.8 Å². The number of fused-ring (bicyclic) bond motifs is 1. The number of amides is 1. The van der Waals surface area contributed by atoms with Crippen LogP contribution in [0.25, 0.3) is 11.1 Å². The van der Waals surface area contributed by atoms with Gasteiger partial charge in [-0.2, -0.15) is 0 Å². The number of para-hydroxylation sites is 2. The van der Waals surface area contributed by atoms with E-state index >= 15 is 0 Å². The third-order valence-corrected chi connectivity index (χ3v) is 5.89. The molecule has 0 atom stereocenters. The van der Waals surface area contributed by atoms with Crippen molar-refractivity contribution in [2.24, 2.45) is 0 Å². The molecule has 6 nitrogen and oxygen atoms in total. The van der Waals surface area contributed by atoms with Crippen molar-refractivity contribution in [3.05, 3.63) is 53.8 Å². The average Bonchev–Trinajstić information content (AvgIpc) is 3.48. The highest BCUT2D eigenvalue weighted by atomic mass is 16.4. The zero-order valence-corrected chi connectivity index (χ0v) is 16.0. The number of hydrogen-bond acceptors (Lipinski definition) is 5. The van der Waals surface area contributed by atoms with Gasteiger partial charge >= 0.3 is 0 Å². The maximum atomic E-state index is 12.8. The van der Waals surface area contributed by atoms with Crippen molar-refractivity contribution in [1.82, 2.24) is 14.8 Å². The number of nitrogens with zero attached hydrogens (tertiary/aromatic N) is 3. The summed E-state index contributed by atoms with van der Waals surface area (Å²) in [6.07, 6.45) is 4.23. The Hall–Kier alpha value is -2.60. The molecular weight excluding hydrogens is 354 g/mol. The summed E-state index contributed by atoms with van der Waals surface area (Å²) in [6, 6.07) is 11.6. The standard InChI is InChI=1S/C22H25N3O3/c26-22(20-8-7-17(27-20)15-24-11-3-4-12-24)25-13-9-16(10-14-25)21-23-18-5-1-2-6-19(18)28-21/h1-2,5-8,16H,3-4,9-15H2. The largest absolute Gasteiger partial charge is 0.455 e. The van der Waals surface area contributed by atoms with Gasteiger partial charge in [-0.1, -0.05) is 12.1 Å². The third kappa shape index (κ3) is 3.44. The number of oxazole rings is 1. The van der Waals surface area contributed by atoms with Crippen LogP contribution in [0.2, 0.25) is 0 Å². The van der Waals surface area contributed by atoms with Crippen LogP contribution < -0.4 is 0 Å². The van der Waals surface area contributed by atoms with Crippen LogP contribution >= 0.6 is 0 Å². The first-order valence-corrected chi connectivity index (χ1v) is 10.2. The molecule has 0 saturated carbocycles. The Morgan fingerprint density at radius 3 is 2.57 bits per heavy atom. The topological polar surface area (TPSA) is 62.7 Å². The summed E-state index contributed by atoms with van der Waals surface area (Å²) in [4.78, 5) is 21.7. The highest BCUT2D eigenvalue weighted by molar-refractivity contribution is 5.91. The van der Waals surface area contributed by atoms with Crippen LogP contribution in [0.1, 0.15) is 53.8 Å². The highest BCUT2D eigenvalue weighted by Gasteiger charge is 2.29. The first kappa shape index (κ1) is 17.5. The summed E-state index contributed by atoms with van der Waals surface area (Å²) in [5.74, 6) is 2.38. The average molecular weight is 379 g/mol. The molecule has 2 fully saturated rings. The summed E-state index contributed by atoms with van der Waals surface area (Å²) >= 11 is 0. The Bertz CT molecular complexity index is 929. The van der Waals surface area contributed by atoms with Gasteiger partial charge in [0.25, 0.3) is 5.91 Å². The van der Waals surface area contributed by atoms with Crippen molar-refractivity contribution in [1.29, 1.82) is 0 Å². The van der Waals surface area contributed by atoms with Crippen molar-refractivity contribution in [3.63, 3.8) is 0 Å². The molecule has 1 aromatic carbocycles. The quantitative estimate of drug-likeness (QED) is 0.685. The van der Waals surface area contributed by atoms with Gasteiger partial charge in [-0.25, -0.2) is 4.98 Å². The van der Waals surface area contributed by atoms with Gasteiger partial charge in [0.2, 0.25) is 0 Å². The van der Waals surface area contributed by atoms with Gasteiger partial charge < -0.3 is 13.7 Å². The van der Waals surface area contributed by atoms with E-state index in [0.717, 1.165) is 55.2 Å². The van der Waals surface area contributed by atoms with E-state index < -0.39 is 0 Å². The summed E-state index contributed by atoms with van der Waals surface area (Å²) in [5.41, 5.74) is 1.73. The molecule has 2 aromatic heterocycles. The number of piperidine rings is 1. The predicted molar refractivity (Wildman–Crippen MR) is 105 cm³/mol. The van der Waals surface area contributed by atoms with Gasteiger partial charge in [-0.3, -0.25) is 9.69 Å². The number of carbonyl (C=O) groups is 1. The minimum Gasteiger partial charge on any atom is -0.455 e. The first-order valence-electron chi connectivity index (χ1n) is 10.2. The molecule has 2 saturated heterocycles. The molecule has 1 amide bonds. The van der Waals surface area contributed by atoms with Gasteiger partial charge in [0.15, 0.2) is 17.2 Å². The highest BCUT2D eigenvalue weighted by Crippen LogP contribution is 2.30. The fourth-order valence-electron chi connectivity index (χ4n) is 4.29. The van der Waals surface area contributed by atoms with Crippen molar-refractivity contribution in [2.45, 2.75) is 38.1 Å². The molecule has 0 unspecified atom stereocenters. The molecule has 28 heavy (non-hydrogen) atoms. The Morgan fingerprint density at radius 1 is 1.00 bits per heavy atom. The monoisotopic (exact) mass is 379 g/mol. The maximum Gasteiger partial charge on any atom is 0.289 e. The molecule has 6 heteroatoms. The van der Waals surface area contributed by atoms with Gasteiger partial charge in [-0.05, 0) is 63.0 Å². The lowest BCUT2D eigenvalue weighted by atomic mass is 9.96. The summed E-state index contributed by atoms with van der Waals surface area (Å²) in [7, 11) is 0. The van der Waals surface area contributed by atoms with Crippen LogP contribution in [-0.2, 0) is 6.54 Å². The Kier molecular flexibility index (Phi) is 4.64. The van der Waals surface area contributed by atoms with E-state index in [1.165, 1.54) is 12.8 Å². The number of rotatable bonds is 4. The van der Waals surface area contributed by atoms with E-state index in [4.69, 9.17) is 8.83 Å². The SMILES string of the molecule is O=C(c1ccc(CN2CCCC2)o1)N1CCC(c2nc3ccccc3o2)CC1. The fourth-order valence-corrected chi connectivity index (χ4v) is 4.29. The summed E-state index contributed by atoms with van der Waals surface area (Å²) in [6.45, 7) is 4.43. The summed E-state index contributed by atoms with van der Waals surface area (Å²) < 4.78 is 11.8. The lowest BCUT2D eigenvalue weighted by Gasteiger charge is -2.30. The molecule has 0 spiro atoms. The lowest BCUT2D eigenvalue weighted by molar-refractivity contribution is 0.0671. The molecule has 0 aliphatic carbocycles. The van der Waals surface area contributed by atoms with Crippen molar-refractivity contribution < 1.29 is 13.6 Å². The Balaban J connectivity index is 1.20. The van der Waals surface area contributed by atoms with E-state index in [1.54, 1.807) is 0 Å². The van der Waals surface area contributed by atoms with E-state index in [2.05, 4.69) is 9.88 Å². The number of furan rings is 1. The zero-order chi connectivity index (χ0) is 18.9. The van der Waals surface area contributed by atoms with Gasteiger partial charge in [0.1, 0.15) is 11.3 Å².